The summed E-state index contributed by atoms with van der Waals surface area (Å²) in [6.45, 7) is 4.65. The van der Waals surface area contributed by atoms with E-state index >= 15 is 0 Å². The fraction of sp³-hybridized carbons (Fsp3) is 0.0938. The zero-order valence-electron chi connectivity index (χ0n) is 19.3. The lowest BCUT2D eigenvalue weighted by molar-refractivity contribution is 0.624. The normalized spacial score (nSPS) is 13.8. The highest BCUT2D eigenvalue weighted by Crippen LogP contribution is 2.48. The SMILES string of the molecule is CC1(C)c2cccnc2-n2c3ccc(-c4ccccc4)cc3c3cc(-c4ccccc4)cc1c32. The van der Waals surface area contributed by atoms with Crippen molar-refractivity contribution in [2.45, 2.75) is 19.3 Å². The number of pyridine rings is 1. The molecule has 0 radical (unpaired) electrons. The lowest BCUT2D eigenvalue weighted by Crippen LogP contribution is -2.27. The summed E-state index contributed by atoms with van der Waals surface area (Å²) in [5, 5.41) is 2.55. The number of fused-ring (bicyclic) bond motifs is 5. The zero-order valence-corrected chi connectivity index (χ0v) is 19.3. The van der Waals surface area contributed by atoms with Crippen LogP contribution in [0.2, 0.25) is 0 Å². The van der Waals surface area contributed by atoms with Crippen LogP contribution in [-0.4, -0.2) is 9.55 Å². The van der Waals surface area contributed by atoms with Gasteiger partial charge in [0, 0.05) is 27.9 Å². The summed E-state index contributed by atoms with van der Waals surface area (Å²) in [5.74, 6) is 1.04. The minimum atomic E-state index is -0.154. The number of aromatic nitrogens is 2. The number of rotatable bonds is 2. The van der Waals surface area contributed by atoms with Crippen LogP contribution >= 0.6 is 0 Å². The van der Waals surface area contributed by atoms with Crippen molar-refractivity contribution >= 4 is 21.8 Å². The van der Waals surface area contributed by atoms with Gasteiger partial charge in [-0.15, -0.1) is 0 Å². The Morgan fingerprint density at radius 1 is 0.588 bits per heavy atom. The Balaban J connectivity index is 1.65. The van der Waals surface area contributed by atoms with Crippen LogP contribution in [-0.2, 0) is 5.41 Å². The van der Waals surface area contributed by atoms with Crippen LogP contribution in [0, 0.1) is 0 Å². The molecule has 1 aliphatic heterocycles. The summed E-state index contributed by atoms with van der Waals surface area (Å²) >= 11 is 0. The average molecular weight is 437 g/mol. The van der Waals surface area contributed by atoms with E-state index < -0.39 is 0 Å². The molecule has 6 aromatic rings. The predicted molar refractivity (Wildman–Crippen MR) is 142 cm³/mol. The topological polar surface area (TPSA) is 17.8 Å². The Bertz CT molecular complexity index is 1710. The minimum Gasteiger partial charge on any atom is -0.293 e. The van der Waals surface area contributed by atoms with Gasteiger partial charge < -0.3 is 0 Å². The molecule has 4 aromatic carbocycles. The van der Waals surface area contributed by atoms with Crippen molar-refractivity contribution in [3.8, 4) is 28.1 Å². The van der Waals surface area contributed by atoms with Crippen LogP contribution in [0.5, 0.6) is 0 Å². The maximum atomic E-state index is 4.89. The molecule has 0 aliphatic carbocycles. The first kappa shape index (κ1) is 19.3. The Morgan fingerprint density at radius 2 is 1.26 bits per heavy atom. The van der Waals surface area contributed by atoms with E-state index in [0.29, 0.717) is 0 Å². The highest BCUT2D eigenvalue weighted by atomic mass is 15.1. The molecule has 2 aromatic heterocycles. The third-order valence-electron chi connectivity index (χ3n) is 7.42. The van der Waals surface area contributed by atoms with Crippen molar-refractivity contribution in [2.24, 2.45) is 0 Å². The van der Waals surface area contributed by atoms with Crippen LogP contribution in [0.1, 0.15) is 25.0 Å². The van der Waals surface area contributed by atoms with Gasteiger partial charge in [-0.1, -0.05) is 86.6 Å². The first-order chi connectivity index (χ1) is 16.6. The first-order valence-electron chi connectivity index (χ1n) is 11.8. The largest absolute Gasteiger partial charge is 0.293 e. The second-order valence-electron chi connectivity index (χ2n) is 9.72. The van der Waals surface area contributed by atoms with Gasteiger partial charge in [0.2, 0.25) is 0 Å². The van der Waals surface area contributed by atoms with E-state index in [0.717, 1.165) is 5.82 Å². The molecule has 7 rings (SSSR count). The Hall–Kier alpha value is -4.17. The zero-order chi connectivity index (χ0) is 22.9. The van der Waals surface area contributed by atoms with Crippen LogP contribution in [0.3, 0.4) is 0 Å². The summed E-state index contributed by atoms with van der Waals surface area (Å²) in [5.41, 5.74) is 9.91. The molecule has 0 bridgehead atoms. The molecule has 162 valence electrons. The molecule has 0 spiro atoms. The third-order valence-corrected chi connectivity index (χ3v) is 7.42. The quantitative estimate of drug-likeness (QED) is 0.268. The average Bonchev–Trinajstić information content (AvgIpc) is 3.22. The van der Waals surface area contributed by atoms with Crippen LogP contribution in [0.15, 0.2) is 109 Å². The molecule has 34 heavy (non-hydrogen) atoms. The Morgan fingerprint density at radius 3 is 2.00 bits per heavy atom. The number of hydrogen-bond acceptors (Lipinski definition) is 1. The predicted octanol–water partition coefficient (Wildman–Crippen LogP) is 8.15. The van der Waals surface area contributed by atoms with E-state index in [1.165, 1.54) is 55.2 Å². The van der Waals surface area contributed by atoms with Gasteiger partial charge >= 0.3 is 0 Å². The maximum Gasteiger partial charge on any atom is 0.141 e. The summed E-state index contributed by atoms with van der Waals surface area (Å²) in [4.78, 5) is 4.89. The highest BCUT2D eigenvalue weighted by Gasteiger charge is 2.36. The summed E-state index contributed by atoms with van der Waals surface area (Å²) in [7, 11) is 0. The van der Waals surface area contributed by atoms with Crippen LogP contribution in [0.4, 0.5) is 0 Å². The number of nitrogens with zero attached hydrogens (tertiary/aromatic N) is 2. The van der Waals surface area contributed by atoms with Gasteiger partial charge in [-0.2, -0.15) is 0 Å². The fourth-order valence-electron chi connectivity index (χ4n) is 5.66. The second-order valence-corrected chi connectivity index (χ2v) is 9.72. The summed E-state index contributed by atoms with van der Waals surface area (Å²) < 4.78 is 2.38. The molecular formula is C32H24N2. The highest BCUT2D eigenvalue weighted by molar-refractivity contribution is 6.13. The van der Waals surface area contributed by atoms with Gasteiger partial charge in [-0.3, -0.25) is 4.57 Å². The first-order valence-corrected chi connectivity index (χ1v) is 11.8. The number of benzene rings is 4. The van der Waals surface area contributed by atoms with E-state index in [-0.39, 0.29) is 5.41 Å². The van der Waals surface area contributed by atoms with Crippen LogP contribution in [0.25, 0.3) is 49.9 Å². The molecule has 0 N–H and O–H groups in total. The van der Waals surface area contributed by atoms with E-state index in [4.69, 9.17) is 4.98 Å². The van der Waals surface area contributed by atoms with Crippen molar-refractivity contribution in [1.82, 2.24) is 9.55 Å². The number of hydrogen-bond donors (Lipinski definition) is 0. The van der Waals surface area contributed by atoms with Gasteiger partial charge in [0.15, 0.2) is 0 Å². The van der Waals surface area contributed by atoms with Gasteiger partial charge in [0.1, 0.15) is 5.82 Å². The second kappa shape index (κ2) is 6.91. The van der Waals surface area contributed by atoms with Crippen molar-refractivity contribution in [3.63, 3.8) is 0 Å². The molecule has 0 unspecified atom stereocenters. The standard InChI is InChI=1S/C32H24N2/c1-32(2)27-14-9-17-33-31(27)34-29-16-15-23(21-10-5-3-6-11-21)18-25(29)26-19-24(20-28(32)30(26)34)22-12-7-4-8-13-22/h3-20H,1-2H3. The maximum absolute atomic E-state index is 4.89. The lowest BCUT2D eigenvalue weighted by atomic mass is 9.75. The third kappa shape index (κ3) is 2.60. The van der Waals surface area contributed by atoms with Gasteiger partial charge in [0.25, 0.3) is 0 Å². The van der Waals surface area contributed by atoms with Gasteiger partial charge in [-0.05, 0) is 58.1 Å². The molecule has 2 heteroatoms. The molecular weight excluding hydrogens is 412 g/mol. The van der Waals surface area contributed by atoms with Crippen LogP contribution < -0.4 is 0 Å². The minimum absolute atomic E-state index is 0.154. The van der Waals surface area contributed by atoms with Gasteiger partial charge in [-0.25, -0.2) is 4.98 Å². The molecule has 3 heterocycles. The van der Waals surface area contributed by atoms with Crippen molar-refractivity contribution in [2.75, 3.05) is 0 Å². The molecule has 2 nitrogen and oxygen atoms in total. The molecule has 0 amide bonds. The molecule has 0 saturated carbocycles. The van der Waals surface area contributed by atoms with E-state index in [1.807, 2.05) is 6.20 Å². The smallest absolute Gasteiger partial charge is 0.141 e. The van der Waals surface area contributed by atoms with E-state index in [2.05, 4.69) is 122 Å². The van der Waals surface area contributed by atoms with E-state index in [1.54, 1.807) is 0 Å². The molecule has 0 fully saturated rings. The fourth-order valence-corrected chi connectivity index (χ4v) is 5.66. The monoisotopic (exact) mass is 436 g/mol. The lowest BCUT2D eigenvalue weighted by Gasteiger charge is -2.34. The van der Waals surface area contributed by atoms with Crippen molar-refractivity contribution in [1.29, 1.82) is 0 Å². The van der Waals surface area contributed by atoms with E-state index in [9.17, 15) is 0 Å². The Labute approximate surface area is 199 Å². The molecule has 0 saturated heterocycles. The summed E-state index contributed by atoms with van der Waals surface area (Å²) in [6, 6.07) is 37.3. The summed E-state index contributed by atoms with van der Waals surface area (Å²) in [6.07, 6.45) is 1.91. The van der Waals surface area contributed by atoms with Crippen molar-refractivity contribution < 1.29 is 0 Å². The van der Waals surface area contributed by atoms with Crippen molar-refractivity contribution in [3.05, 3.63) is 120 Å². The molecule has 0 atom stereocenters. The molecule has 1 aliphatic rings. The Kier molecular flexibility index (Phi) is 3.93. The van der Waals surface area contributed by atoms with Gasteiger partial charge in [0.05, 0.1) is 11.0 Å².